The van der Waals surface area contributed by atoms with E-state index in [9.17, 15) is 4.79 Å². The molecule has 2 atom stereocenters. The first-order chi connectivity index (χ1) is 14.2. The standard InChI is InChI=1S/C25H42O4/c1-4-6-7-8-9-10-11-12-13-15-19-22(18-5-2)28-25(24(26)27-3)29-23-20-16-14-17-21-23/h14,16-17,20-22,25H,4-13,15,18-19H2,1-3H3. The lowest BCUT2D eigenvalue weighted by molar-refractivity contribution is -0.184. The van der Waals surface area contributed by atoms with Crippen molar-refractivity contribution in [3.63, 3.8) is 0 Å². The second-order valence-electron chi connectivity index (χ2n) is 7.80. The van der Waals surface area contributed by atoms with Gasteiger partial charge in [0.2, 0.25) is 0 Å². The Bertz CT molecular complexity index is 503. The normalized spacial score (nSPS) is 13.1. The fourth-order valence-electron chi connectivity index (χ4n) is 3.49. The smallest absolute Gasteiger partial charge is 0.376 e. The van der Waals surface area contributed by atoms with E-state index >= 15 is 0 Å². The fourth-order valence-corrected chi connectivity index (χ4v) is 3.49. The van der Waals surface area contributed by atoms with Crippen molar-refractivity contribution >= 4 is 5.97 Å². The van der Waals surface area contributed by atoms with E-state index in [0.717, 1.165) is 25.7 Å². The summed E-state index contributed by atoms with van der Waals surface area (Å²) in [6.45, 7) is 4.40. The van der Waals surface area contributed by atoms with Gasteiger partial charge in [0.15, 0.2) is 0 Å². The van der Waals surface area contributed by atoms with Crippen molar-refractivity contribution in [2.75, 3.05) is 7.11 Å². The zero-order valence-electron chi connectivity index (χ0n) is 18.9. The summed E-state index contributed by atoms with van der Waals surface area (Å²) in [5.41, 5.74) is 0. The number of unbranched alkanes of at least 4 members (excludes halogenated alkanes) is 9. The Morgan fingerprint density at radius 2 is 1.38 bits per heavy atom. The highest BCUT2D eigenvalue weighted by molar-refractivity contribution is 5.73. The van der Waals surface area contributed by atoms with Gasteiger partial charge < -0.3 is 14.2 Å². The van der Waals surface area contributed by atoms with Gasteiger partial charge in [0.1, 0.15) is 5.75 Å². The molecule has 0 heterocycles. The number of methoxy groups -OCH3 is 1. The lowest BCUT2D eigenvalue weighted by Crippen LogP contribution is -2.35. The van der Waals surface area contributed by atoms with Crippen LogP contribution in [0.2, 0.25) is 0 Å². The van der Waals surface area contributed by atoms with Gasteiger partial charge in [-0.05, 0) is 25.0 Å². The molecule has 4 nitrogen and oxygen atoms in total. The number of rotatable bonds is 18. The van der Waals surface area contributed by atoms with Crippen molar-refractivity contribution in [2.24, 2.45) is 0 Å². The number of hydrogen-bond acceptors (Lipinski definition) is 4. The van der Waals surface area contributed by atoms with Gasteiger partial charge in [0.05, 0.1) is 13.2 Å². The molecule has 0 N–H and O–H groups in total. The predicted molar refractivity (Wildman–Crippen MR) is 119 cm³/mol. The van der Waals surface area contributed by atoms with Crippen LogP contribution in [0.3, 0.4) is 0 Å². The maximum Gasteiger partial charge on any atom is 0.376 e. The first-order valence-electron chi connectivity index (χ1n) is 11.7. The summed E-state index contributed by atoms with van der Waals surface area (Å²) in [6, 6.07) is 9.28. The summed E-state index contributed by atoms with van der Waals surface area (Å²) in [4.78, 5) is 12.1. The summed E-state index contributed by atoms with van der Waals surface area (Å²) < 4.78 is 16.7. The number of esters is 1. The van der Waals surface area contributed by atoms with Crippen LogP contribution >= 0.6 is 0 Å². The zero-order chi connectivity index (χ0) is 21.2. The minimum atomic E-state index is -1.01. The van der Waals surface area contributed by atoms with Crippen molar-refractivity contribution in [1.29, 1.82) is 0 Å². The highest BCUT2D eigenvalue weighted by atomic mass is 16.7. The van der Waals surface area contributed by atoms with Gasteiger partial charge >= 0.3 is 5.97 Å². The number of para-hydroxylation sites is 1. The molecule has 1 aromatic carbocycles. The van der Waals surface area contributed by atoms with Crippen LogP contribution in [0.4, 0.5) is 0 Å². The number of carbonyl (C=O) groups excluding carboxylic acids is 1. The number of carbonyl (C=O) groups is 1. The molecule has 1 aromatic rings. The molecule has 0 saturated heterocycles. The Morgan fingerprint density at radius 3 is 1.93 bits per heavy atom. The average Bonchev–Trinajstić information content (AvgIpc) is 2.74. The van der Waals surface area contributed by atoms with E-state index in [2.05, 4.69) is 13.8 Å². The minimum Gasteiger partial charge on any atom is -0.464 e. The molecular weight excluding hydrogens is 364 g/mol. The number of ether oxygens (including phenoxy) is 3. The van der Waals surface area contributed by atoms with Crippen LogP contribution in [0, 0.1) is 0 Å². The molecule has 29 heavy (non-hydrogen) atoms. The molecule has 0 aliphatic rings. The maximum atomic E-state index is 12.1. The third-order valence-corrected chi connectivity index (χ3v) is 5.19. The molecule has 0 spiro atoms. The van der Waals surface area contributed by atoms with Crippen molar-refractivity contribution in [1.82, 2.24) is 0 Å². The van der Waals surface area contributed by atoms with Crippen LogP contribution in [0.5, 0.6) is 5.75 Å². The van der Waals surface area contributed by atoms with Gasteiger partial charge in [0, 0.05) is 0 Å². The molecule has 0 aliphatic carbocycles. The molecule has 0 saturated carbocycles. The Balaban J connectivity index is 2.32. The van der Waals surface area contributed by atoms with Crippen molar-refractivity contribution in [3.05, 3.63) is 30.3 Å². The Hall–Kier alpha value is -1.55. The summed E-state index contributed by atoms with van der Waals surface area (Å²) >= 11 is 0. The molecule has 0 amide bonds. The van der Waals surface area contributed by atoms with Crippen molar-refractivity contribution in [2.45, 2.75) is 110 Å². The molecule has 0 aliphatic heterocycles. The van der Waals surface area contributed by atoms with E-state index in [0.29, 0.717) is 5.75 Å². The highest BCUT2D eigenvalue weighted by Crippen LogP contribution is 2.19. The van der Waals surface area contributed by atoms with E-state index in [1.54, 1.807) is 0 Å². The summed E-state index contributed by atoms with van der Waals surface area (Å²) in [5.74, 6) is 0.120. The predicted octanol–water partition coefficient (Wildman–Crippen LogP) is 7.06. The molecule has 0 bridgehead atoms. The van der Waals surface area contributed by atoms with E-state index in [1.165, 1.54) is 64.9 Å². The first kappa shape index (κ1) is 25.5. The molecular formula is C25H42O4. The SMILES string of the molecule is CCCCCCCCCCCCC(CCC)OC(Oc1ccccc1)C(=O)OC. The summed E-state index contributed by atoms with van der Waals surface area (Å²) in [5, 5.41) is 0. The third kappa shape index (κ3) is 12.6. The molecule has 0 radical (unpaired) electrons. The summed E-state index contributed by atoms with van der Waals surface area (Å²) in [6.07, 6.45) is 15.0. The van der Waals surface area contributed by atoms with Crippen LogP contribution < -0.4 is 4.74 Å². The van der Waals surface area contributed by atoms with Gasteiger partial charge in [-0.1, -0.05) is 103 Å². The number of benzene rings is 1. The summed E-state index contributed by atoms with van der Waals surface area (Å²) in [7, 11) is 1.37. The quantitative estimate of drug-likeness (QED) is 0.149. The molecule has 166 valence electrons. The van der Waals surface area contributed by atoms with E-state index in [-0.39, 0.29) is 6.10 Å². The van der Waals surface area contributed by atoms with E-state index in [1.807, 2.05) is 30.3 Å². The third-order valence-electron chi connectivity index (χ3n) is 5.19. The van der Waals surface area contributed by atoms with Gasteiger partial charge in [-0.25, -0.2) is 4.79 Å². The van der Waals surface area contributed by atoms with Gasteiger partial charge in [-0.15, -0.1) is 0 Å². The molecule has 0 aromatic heterocycles. The van der Waals surface area contributed by atoms with Gasteiger partial charge in [-0.3, -0.25) is 0 Å². The molecule has 0 fully saturated rings. The largest absolute Gasteiger partial charge is 0.464 e. The van der Waals surface area contributed by atoms with Crippen molar-refractivity contribution in [3.8, 4) is 5.75 Å². The van der Waals surface area contributed by atoms with Crippen molar-refractivity contribution < 1.29 is 19.0 Å². The first-order valence-corrected chi connectivity index (χ1v) is 11.7. The van der Waals surface area contributed by atoms with Gasteiger partial charge in [-0.2, -0.15) is 0 Å². The van der Waals surface area contributed by atoms with Crippen LogP contribution in [-0.2, 0) is 14.3 Å². The van der Waals surface area contributed by atoms with E-state index < -0.39 is 12.3 Å². The molecule has 2 unspecified atom stereocenters. The maximum absolute atomic E-state index is 12.1. The zero-order valence-corrected chi connectivity index (χ0v) is 18.9. The second kappa shape index (κ2) is 17.3. The van der Waals surface area contributed by atoms with Gasteiger partial charge in [0.25, 0.3) is 6.29 Å². The van der Waals surface area contributed by atoms with Crippen LogP contribution in [0.25, 0.3) is 0 Å². The fraction of sp³-hybridized carbons (Fsp3) is 0.720. The monoisotopic (exact) mass is 406 g/mol. The minimum absolute atomic E-state index is 0.0156. The Kier molecular flexibility index (Phi) is 15.2. The average molecular weight is 407 g/mol. The van der Waals surface area contributed by atoms with Crippen LogP contribution in [0.1, 0.15) is 97.3 Å². The topological polar surface area (TPSA) is 44.8 Å². The lowest BCUT2D eigenvalue weighted by atomic mass is 10.0. The molecule has 1 rings (SSSR count). The highest BCUT2D eigenvalue weighted by Gasteiger charge is 2.26. The Labute approximate surface area is 178 Å². The second-order valence-corrected chi connectivity index (χ2v) is 7.80. The molecule has 4 heteroatoms. The van der Waals surface area contributed by atoms with E-state index in [4.69, 9.17) is 14.2 Å². The Morgan fingerprint density at radius 1 is 0.793 bits per heavy atom. The van der Waals surface area contributed by atoms with Crippen LogP contribution in [0.15, 0.2) is 30.3 Å². The lowest BCUT2D eigenvalue weighted by Gasteiger charge is -2.24. The number of hydrogen-bond donors (Lipinski definition) is 0. The van der Waals surface area contributed by atoms with Crippen LogP contribution in [-0.4, -0.2) is 25.5 Å².